The number of hydrogen-bond acceptors (Lipinski definition) is 5. The number of amides is 3. The first-order chi connectivity index (χ1) is 9.13. The van der Waals surface area contributed by atoms with Gasteiger partial charge in [0.2, 0.25) is 17.7 Å². The minimum Gasteiger partial charge on any atom is -0.370 e. The predicted molar refractivity (Wildman–Crippen MR) is 71.8 cm³/mol. The summed E-state index contributed by atoms with van der Waals surface area (Å²) >= 11 is 1.26. The largest absolute Gasteiger partial charge is 0.370 e. The third-order valence-corrected chi connectivity index (χ3v) is 3.47. The van der Waals surface area contributed by atoms with Crippen LogP contribution in [0.1, 0.15) is 0 Å². The molecule has 0 atom stereocenters. The molecule has 2 N–H and O–H groups in total. The summed E-state index contributed by atoms with van der Waals surface area (Å²) in [5.41, 5.74) is 0. The number of morpholine rings is 1. The van der Waals surface area contributed by atoms with Crippen molar-refractivity contribution in [3.8, 4) is 0 Å². The summed E-state index contributed by atoms with van der Waals surface area (Å²) in [6.07, 6.45) is 0. The molecule has 108 valence electrons. The minimum absolute atomic E-state index is 0.0468. The molecule has 7 nitrogen and oxygen atoms in total. The fraction of sp³-hybridized carbons (Fsp3) is 0.727. The lowest BCUT2D eigenvalue weighted by Gasteiger charge is -2.26. The van der Waals surface area contributed by atoms with Gasteiger partial charge in [-0.05, 0) is 0 Å². The van der Waals surface area contributed by atoms with Crippen molar-refractivity contribution in [2.24, 2.45) is 0 Å². The van der Waals surface area contributed by atoms with E-state index < -0.39 is 0 Å². The molecule has 0 radical (unpaired) electrons. The van der Waals surface area contributed by atoms with Crippen LogP contribution in [0.2, 0.25) is 0 Å². The molecule has 0 aromatic rings. The van der Waals surface area contributed by atoms with Crippen LogP contribution in [0.3, 0.4) is 0 Å². The maximum atomic E-state index is 11.4. The topological polar surface area (TPSA) is 87.7 Å². The van der Waals surface area contributed by atoms with Crippen molar-refractivity contribution >= 4 is 29.5 Å². The Morgan fingerprint density at radius 3 is 2.79 bits per heavy atom. The molecule has 0 unspecified atom stereocenters. The molecule has 1 aliphatic rings. The van der Waals surface area contributed by atoms with E-state index in [-0.39, 0.29) is 35.8 Å². The summed E-state index contributed by atoms with van der Waals surface area (Å²) in [5, 5.41) is 5.20. The lowest BCUT2D eigenvalue weighted by Crippen LogP contribution is -2.45. The van der Waals surface area contributed by atoms with Crippen LogP contribution < -0.4 is 10.6 Å². The second-order valence-electron chi connectivity index (χ2n) is 3.95. The Hall–Kier alpha value is -1.28. The molecule has 0 spiro atoms. The van der Waals surface area contributed by atoms with Gasteiger partial charge in [-0.15, -0.1) is 11.8 Å². The molecule has 0 saturated carbocycles. The Balaban J connectivity index is 2.06. The highest BCUT2D eigenvalue weighted by Gasteiger charge is 2.17. The number of rotatable bonds is 7. The number of nitrogens with zero attached hydrogens (tertiary/aromatic N) is 1. The number of hydrogen-bond donors (Lipinski definition) is 2. The molecule has 0 aromatic heterocycles. The molecule has 0 aromatic carbocycles. The van der Waals surface area contributed by atoms with Crippen molar-refractivity contribution in [3.05, 3.63) is 0 Å². The first-order valence-corrected chi connectivity index (χ1v) is 7.19. The quantitative estimate of drug-likeness (QED) is 0.592. The van der Waals surface area contributed by atoms with Crippen LogP contribution in [0.15, 0.2) is 0 Å². The normalized spacial score (nSPS) is 15.2. The van der Waals surface area contributed by atoms with Crippen LogP contribution in [0, 0.1) is 0 Å². The maximum absolute atomic E-state index is 11.4. The zero-order chi connectivity index (χ0) is 14.1. The molecule has 1 heterocycles. The molecule has 3 amide bonds. The van der Waals surface area contributed by atoms with E-state index in [0.717, 1.165) is 0 Å². The van der Waals surface area contributed by atoms with E-state index in [1.165, 1.54) is 11.8 Å². The molecular formula is C11H19N3O4S. The third-order valence-electron chi connectivity index (χ3n) is 2.53. The van der Waals surface area contributed by atoms with Gasteiger partial charge in [0, 0.05) is 26.7 Å². The predicted octanol–water partition coefficient (Wildman–Crippen LogP) is -1.56. The average Bonchev–Trinajstić information content (AvgIpc) is 2.40. The van der Waals surface area contributed by atoms with Gasteiger partial charge in [-0.25, -0.2) is 0 Å². The van der Waals surface area contributed by atoms with Gasteiger partial charge >= 0.3 is 0 Å². The van der Waals surface area contributed by atoms with Crippen molar-refractivity contribution in [2.75, 3.05) is 51.4 Å². The molecule has 19 heavy (non-hydrogen) atoms. The summed E-state index contributed by atoms with van der Waals surface area (Å²) < 4.78 is 5.01. The molecule has 8 heteroatoms. The van der Waals surface area contributed by atoms with Crippen LogP contribution in [0.25, 0.3) is 0 Å². The maximum Gasteiger partial charge on any atom is 0.248 e. The molecule has 0 bridgehead atoms. The van der Waals surface area contributed by atoms with Crippen molar-refractivity contribution in [3.63, 3.8) is 0 Å². The van der Waals surface area contributed by atoms with Gasteiger partial charge < -0.3 is 20.3 Å². The first-order valence-electron chi connectivity index (χ1n) is 6.04. The van der Waals surface area contributed by atoms with E-state index in [1.54, 1.807) is 11.9 Å². The minimum atomic E-state index is -0.130. The van der Waals surface area contributed by atoms with E-state index in [4.69, 9.17) is 4.74 Å². The van der Waals surface area contributed by atoms with Crippen LogP contribution in [-0.2, 0) is 19.1 Å². The summed E-state index contributed by atoms with van der Waals surface area (Å²) in [7, 11) is 1.56. The van der Waals surface area contributed by atoms with E-state index >= 15 is 0 Å². The Morgan fingerprint density at radius 2 is 2.11 bits per heavy atom. The molecular weight excluding hydrogens is 270 g/mol. The van der Waals surface area contributed by atoms with Gasteiger partial charge in [-0.2, -0.15) is 0 Å². The van der Waals surface area contributed by atoms with Crippen LogP contribution >= 0.6 is 11.8 Å². The van der Waals surface area contributed by atoms with Gasteiger partial charge in [0.1, 0.15) is 6.61 Å². The van der Waals surface area contributed by atoms with E-state index in [1.807, 2.05) is 0 Å². The number of thioether (sulfide) groups is 1. The SMILES string of the molecule is CNC(=O)CSCC(=O)NCCN1CCOCC1=O. The second kappa shape index (κ2) is 8.76. The Labute approximate surface area is 116 Å². The fourth-order valence-electron chi connectivity index (χ4n) is 1.48. The number of nitrogens with one attached hydrogen (secondary N) is 2. The average molecular weight is 289 g/mol. The zero-order valence-corrected chi connectivity index (χ0v) is 11.8. The lowest BCUT2D eigenvalue weighted by atomic mass is 10.4. The van der Waals surface area contributed by atoms with Crippen LogP contribution in [-0.4, -0.2) is 74.0 Å². The fourth-order valence-corrected chi connectivity index (χ4v) is 2.20. The van der Waals surface area contributed by atoms with Gasteiger partial charge in [-0.3, -0.25) is 14.4 Å². The summed E-state index contributed by atoms with van der Waals surface area (Å²) in [5.74, 6) is 0.233. The summed E-state index contributed by atoms with van der Waals surface area (Å²) in [6.45, 7) is 2.15. The highest BCUT2D eigenvalue weighted by atomic mass is 32.2. The summed E-state index contributed by atoms with van der Waals surface area (Å²) in [4.78, 5) is 35.4. The van der Waals surface area contributed by atoms with Gasteiger partial charge in [0.15, 0.2) is 0 Å². The first kappa shape index (κ1) is 15.8. The molecule has 1 rings (SSSR count). The molecule has 1 fully saturated rings. The van der Waals surface area contributed by atoms with E-state index in [9.17, 15) is 14.4 Å². The Kier molecular flexibility index (Phi) is 7.27. The smallest absolute Gasteiger partial charge is 0.248 e. The van der Waals surface area contributed by atoms with Crippen molar-refractivity contribution < 1.29 is 19.1 Å². The van der Waals surface area contributed by atoms with Crippen LogP contribution in [0.5, 0.6) is 0 Å². The van der Waals surface area contributed by atoms with Gasteiger partial charge in [0.25, 0.3) is 0 Å². The third kappa shape index (κ3) is 6.44. The lowest BCUT2D eigenvalue weighted by molar-refractivity contribution is -0.142. The number of carbonyl (C=O) groups excluding carboxylic acids is 3. The zero-order valence-electron chi connectivity index (χ0n) is 10.9. The van der Waals surface area contributed by atoms with Gasteiger partial charge in [-0.1, -0.05) is 0 Å². The standard InChI is InChI=1S/C11H19N3O4S/c1-12-9(15)7-19-8-10(16)13-2-3-14-4-5-18-6-11(14)17/h2-8H2,1H3,(H,12,15)(H,13,16). The Bertz CT molecular complexity index is 338. The number of ether oxygens (including phenoxy) is 1. The van der Waals surface area contributed by atoms with Crippen molar-refractivity contribution in [1.82, 2.24) is 15.5 Å². The molecule has 1 saturated heterocycles. The second-order valence-corrected chi connectivity index (χ2v) is 4.93. The number of carbonyl (C=O) groups is 3. The molecule has 1 aliphatic heterocycles. The monoisotopic (exact) mass is 289 g/mol. The van der Waals surface area contributed by atoms with Crippen LogP contribution in [0.4, 0.5) is 0 Å². The Morgan fingerprint density at radius 1 is 1.37 bits per heavy atom. The van der Waals surface area contributed by atoms with E-state index in [0.29, 0.717) is 26.2 Å². The van der Waals surface area contributed by atoms with Crippen molar-refractivity contribution in [2.45, 2.75) is 0 Å². The van der Waals surface area contributed by atoms with Gasteiger partial charge in [0.05, 0.1) is 18.1 Å². The van der Waals surface area contributed by atoms with E-state index in [2.05, 4.69) is 10.6 Å². The highest BCUT2D eigenvalue weighted by molar-refractivity contribution is 8.00. The summed E-state index contributed by atoms with van der Waals surface area (Å²) in [6, 6.07) is 0. The highest BCUT2D eigenvalue weighted by Crippen LogP contribution is 1.99. The molecule has 0 aliphatic carbocycles. The van der Waals surface area contributed by atoms with Crippen molar-refractivity contribution in [1.29, 1.82) is 0 Å².